The Morgan fingerprint density at radius 2 is 1.75 bits per heavy atom. The van der Waals surface area contributed by atoms with Gasteiger partial charge < -0.3 is 19.5 Å². The number of likely N-dealkylation sites (tertiary alicyclic amines) is 1. The summed E-state index contributed by atoms with van der Waals surface area (Å²) in [7, 11) is 1.50. The SMILES string of the molecule is COc1cc(F)ccc1O[C@@H]1CN(C2CCN(c3ccc4c(c3)CCC4)CC2)CC[C@H]1O. The average Bonchev–Trinajstić information content (AvgIpc) is 3.29. The third-order valence-electron chi connectivity index (χ3n) is 7.39. The fraction of sp³-hybridized carbons (Fsp3) is 0.538. The topological polar surface area (TPSA) is 45.2 Å². The molecule has 2 heterocycles. The van der Waals surface area contributed by atoms with Crippen molar-refractivity contribution in [3.05, 3.63) is 53.3 Å². The number of nitrogens with zero attached hydrogens (tertiary/aromatic N) is 2. The first kappa shape index (κ1) is 21.5. The summed E-state index contributed by atoms with van der Waals surface area (Å²) in [5.74, 6) is 0.471. The van der Waals surface area contributed by atoms with E-state index in [9.17, 15) is 9.50 Å². The number of fused-ring (bicyclic) bond motifs is 1. The Labute approximate surface area is 189 Å². The maximum atomic E-state index is 13.5. The number of methoxy groups -OCH3 is 1. The minimum atomic E-state index is -0.535. The van der Waals surface area contributed by atoms with Crippen LogP contribution in [0.3, 0.4) is 0 Å². The van der Waals surface area contributed by atoms with Crippen LogP contribution in [0.2, 0.25) is 0 Å². The molecule has 2 saturated heterocycles. The van der Waals surface area contributed by atoms with Crippen molar-refractivity contribution in [2.75, 3.05) is 38.2 Å². The zero-order valence-electron chi connectivity index (χ0n) is 18.8. The molecule has 0 aromatic heterocycles. The molecule has 0 spiro atoms. The quantitative estimate of drug-likeness (QED) is 0.766. The van der Waals surface area contributed by atoms with E-state index in [4.69, 9.17) is 9.47 Å². The maximum absolute atomic E-state index is 13.5. The van der Waals surface area contributed by atoms with Crippen molar-refractivity contribution < 1.29 is 19.0 Å². The average molecular weight is 441 g/mol. The Morgan fingerprint density at radius 1 is 0.938 bits per heavy atom. The van der Waals surface area contributed by atoms with Crippen LogP contribution >= 0.6 is 0 Å². The molecule has 2 atom stereocenters. The van der Waals surface area contributed by atoms with E-state index in [0.717, 1.165) is 32.5 Å². The standard InChI is InChI=1S/C26H33FN2O3/c1-31-25-16-20(27)6-8-24(25)32-26-17-29(14-11-23(26)30)21-9-12-28(13-10-21)22-7-5-18-3-2-4-19(18)15-22/h5-8,15-16,21,23,26,30H,2-4,9-14,17H2,1H3/t23-,26-/m1/s1. The molecule has 0 bridgehead atoms. The molecule has 0 unspecified atom stereocenters. The van der Waals surface area contributed by atoms with Gasteiger partial charge in [0, 0.05) is 44.0 Å². The highest BCUT2D eigenvalue weighted by Crippen LogP contribution is 2.32. The number of aliphatic hydroxyl groups excluding tert-OH is 1. The Bertz CT molecular complexity index is 945. The third-order valence-corrected chi connectivity index (χ3v) is 7.39. The van der Waals surface area contributed by atoms with Crippen molar-refractivity contribution in [3.8, 4) is 11.5 Å². The lowest BCUT2D eigenvalue weighted by Gasteiger charge is -2.44. The predicted octanol–water partition coefficient (Wildman–Crippen LogP) is 3.81. The van der Waals surface area contributed by atoms with E-state index in [0.29, 0.717) is 30.5 Å². The van der Waals surface area contributed by atoms with E-state index in [1.807, 2.05) is 0 Å². The first-order valence-electron chi connectivity index (χ1n) is 11.9. The molecule has 0 radical (unpaired) electrons. The highest BCUT2D eigenvalue weighted by molar-refractivity contribution is 5.52. The maximum Gasteiger partial charge on any atom is 0.163 e. The van der Waals surface area contributed by atoms with E-state index >= 15 is 0 Å². The van der Waals surface area contributed by atoms with Gasteiger partial charge in [-0.3, -0.25) is 4.90 Å². The van der Waals surface area contributed by atoms with Crippen LogP contribution in [0.4, 0.5) is 10.1 Å². The van der Waals surface area contributed by atoms with Gasteiger partial charge in [0.05, 0.1) is 13.2 Å². The minimum Gasteiger partial charge on any atom is -0.493 e. The number of benzene rings is 2. The summed E-state index contributed by atoms with van der Waals surface area (Å²) >= 11 is 0. The number of piperidine rings is 2. The van der Waals surface area contributed by atoms with Gasteiger partial charge in [-0.05, 0) is 73.9 Å². The first-order valence-corrected chi connectivity index (χ1v) is 11.9. The molecular weight excluding hydrogens is 407 g/mol. The van der Waals surface area contributed by atoms with Crippen molar-refractivity contribution in [2.45, 2.75) is 56.8 Å². The van der Waals surface area contributed by atoms with Crippen molar-refractivity contribution >= 4 is 5.69 Å². The van der Waals surface area contributed by atoms with E-state index in [1.165, 1.54) is 55.3 Å². The van der Waals surface area contributed by atoms with Gasteiger partial charge in [-0.25, -0.2) is 4.39 Å². The summed E-state index contributed by atoms with van der Waals surface area (Å²) in [4.78, 5) is 4.98. The molecule has 1 aliphatic carbocycles. The van der Waals surface area contributed by atoms with Gasteiger partial charge in [-0.1, -0.05) is 6.07 Å². The summed E-state index contributed by atoms with van der Waals surface area (Å²) in [6.07, 6.45) is 5.75. The number of halogens is 1. The van der Waals surface area contributed by atoms with Gasteiger partial charge in [0.2, 0.25) is 0 Å². The third kappa shape index (κ3) is 4.44. The summed E-state index contributed by atoms with van der Waals surface area (Å²) in [6, 6.07) is 11.8. The fourth-order valence-electron chi connectivity index (χ4n) is 5.52. The summed E-state index contributed by atoms with van der Waals surface area (Å²) in [6.45, 7) is 3.66. The Kier molecular flexibility index (Phi) is 6.24. The molecule has 5 nitrogen and oxygen atoms in total. The molecule has 3 aliphatic rings. The Balaban J connectivity index is 1.20. The molecule has 32 heavy (non-hydrogen) atoms. The smallest absolute Gasteiger partial charge is 0.163 e. The van der Waals surface area contributed by atoms with Gasteiger partial charge in [-0.2, -0.15) is 0 Å². The minimum absolute atomic E-state index is 0.349. The molecule has 0 saturated carbocycles. The van der Waals surface area contributed by atoms with Crippen LogP contribution in [0, 0.1) is 5.82 Å². The largest absolute Gasteiger partial charge is 0.493 e. The number of aryl methyl sites for hydroxylation is 2. The zero-order chi connectivity index (χ0) is 22.1. The van der Waals surface area contributed by atoms with E-state index < -0.39 is 6.10 Å². The van der Waals surface area contributed by atoms with Crippen molar-refractivity contribution in [1.82, 2.24) is 4.90 Å². The van der Waals surface area contributed by atoms with Crippen LogP contribution in [0.1, 0.15) is 36.8 Å². The Morgan fingerprint density at radius 3 is 2.56 bits per heavy atom. The molecule has 2 aromatic rings. The second kappa shape index (κ2) is 9.28. The molecule has 2 fully saturated rings. The van der Waals surface area contributed by atoms with Crippen LogP contribution in [0.25, 0.3) is 0 Å². The van der Waals surface area contributed by atoms with Crippen molar-refractivity contribution in [3.63, 3.8) is 0 Å². The second-order valence-corrected chi connectivity index (χ2v) is 9.33. The van der Waals surface area contributed by atoms with E-state index in [1.54, 1.807) is 6.07 Å². The summed E-state index contributed by atoms with van der Waals surface area (Å²) in [5.41, 5.74) is 4.42. The lowest BCUT2D eigenvalue weighted by Crippen LogP contribution is -2.55. The molecular formula is C26H33FN2O3. The second-order valence-electron chi connectivity index (χ2n) is 9.33. The van der Waals surface area contributed by atoms with Crippen molar-refractivity contribution in [1.29, 1.82) is 0 Å². The summed E-state index contributed by atoms with van der Waals surface area (Å²) in [5, 5.41) is 10.6. The van der Waals surface area contributed by atoms with Crippen LogP contribution < -0.4 is 14.4 Å². The van der Waals surface area contributed by atoms with Crippen LogP contribution in [0.15, 0.2) is 36.4 Å². The summed E-state index contributed by atoms with van der Waals surface area (Å²) < 4.78 is 24.9. The van der Waals surface area contributed by atoms with Crippen LogP contribution in [0.5, 0.6) is 11.5 Å². The first-order chi connectivity index (χ1) is 15.6. The van der Waals surface area contributed by atoms with Gasteiger partial charge in [0.25, 0.3) is 0 Å². The molecule has 2 aliphatic heterocycles. The van der Waals surface area contributed by atoms with Gasteiger partial charge in [-0.15, -0.1) is 0 Å². The molecule has 1 N–H and O–H groups in total. The van der Waals surface area contributed by atoms with Crippen molar-refractivity contribution in [2.24, 2.45) is 0 Å². The van der Waals surface area contributed by atoms with Gasteiger partial charge in [0.1, 0.15) is 11.9 Å². The highest BCUT2D eigenvalue weighted by atomic mass is 19.1. The number of hydrogen-bond donors (Lipinski definition) is 1. The van der Waals surface area contributed by atoms with Gasteiger partial charge >= 0.3 is 0 Å². The zero-order valence-corrected chi connectivity index (χ0v) is 18.8. The molecule has 6 heteroatoms. The molecule has 0 amide bonds. The normalized spacial score (nSPS) is 24.4. The lowest BCUT2D eigenvalue weighted by atomic mass is 9.97. The fourth-order valence-corrected chi connectivity index (χ4v) is 5.52. The number of ether oxygens (including phenoxy) is 2. The number of hydrogen-bond acceptors (Lipinski definition) is 5. The number of aliphatic hydroxyl groups is 1. The monoisotopic (exact) mass is 440 g/mol. The number of anilines is 1. The highest BCUT2D eigenvalue weighted by Gasteiger charge is 2.35. The Hall–Kier alpha value is -2.31. The van der Waals surface area contributed by atoms with E-state index in [2.05, 4.69) is 28.0 Å². The van der Waals surface area contributed by atoms with E-state index in [-0.39, 0.29) is 11.9 Å². The molecule has 2 aromatic carbocycles. The van der Waals surface area contributed by atoms with Crippen LogP contribution in [-0.4, -0.2) is 61.5 Å². The molecule has 172 valence electrons. The van der Waals surface area contributed by atoms with Crippen LogP contribution in [-0.2, 0) is 12.8 Å². The molecule has 5 rings (SSSR count). The number of rotatable bonds is 5. The predicted molar refractivity (Wildman–Crippen MR) is 123 cm³/mol. The lowest BCUT2D eigenvalue weighted by molar-refractivity contribution is -0.0397. The van der Waals surface area contributed by atoms with Gasteiger partial charge in [0.15, 0.2) is 11.5 Å².